The highest BCUT2D eigenvalue weighted by molar-refractivity contribution is 6.34. The predicted molar refractivity (Wildman–Crippen MR) is 92.0 cm³/mol. The van der Waals surface area contributed by atoms with Crippen LogP contribution in [-0.4, -0.2) is 15.7 Å². The molecule has 3 rings (SSSR count). The second-order valence-corrected chi connectivity index (χ2v) is 5.39. The number of carbonyl (C=O) groups excluding carboxylic acids is 1. The monoisotopic (exact) mass is 368 g/mol. The van der Waals surface area contributed by atoms with E-state index in [1.54, 1.807) is 31.2 Å². The zero-order valence-corrected chi connectivity index (χ0v) is 14.6. The van der Waals surface area contributed by atoms with E-state index in [9.17, 15) is 18.0 Å². The van der Waals surface area contributed by atoms with Crippen molar-refractivity contribution in [3.63, 3.8) is 0 Å². The van der Waals surface area contributed by atoms with E-state index < -0.39 is 23.2 Å². The van der Waals surface area contributed by atoms with Crippen molar-refractivity contribution in [3.8, 4) is 0 Å². The van der Waals surface area contributed by atoms with Crippen LogP contribution < -0.4 is 0 Å². The fourth-order valence-corrected chi connectivity index (χ4v) is 2.72. The largest absolute Gasteiger partial charge is 0.417 e. The van der Waals surface area contributed by atoms with Gasteiger partial charge in [-0.05, 0) is 25.1 Å². The van der Waals surface area contributed by atoms with Crippen LogP contribution in [0.25, 0.3) is 10.9 Å². The van der Waals surface area contributed by atoms with Gasteiger partial charge in [0.1, 0.15) is 0 Å². The highest BCUT2D eigenvalue weighted by Gasteiger charge is 2.37. The first-order valence-electron chi connectivity index (χ1n) is 7.65. The number of alkyl halides is 3. The van der Waals surface area contributed by atoms with Crippen molar-refractivity contribution in [2.24, 2.45) is 0 Å². The molecular formula is C18H16ClF3N2O. The number of fused-ring (bicyclic) bond motifs is 1. The van der Waals surface area contributed by atoms with Gasteiger partial charge in [-0.25, -0.2) is 0 Å². The van der Waals surface area contributed by atoms with Crippen molar-refractivity contribution in [3.05, 3.63) is 64.3 Å². The van der Waals surface area contributed by atoms with Gasteiger partial charge in [-0.3, -0.25) is 4.79 Å². The summed E-state index contributed by atoms with van der Waals surface area (Å²) in [5, 5.41) is 4.51. The summed E-state index contributed by atoms with van der Waals surface area (Å²) >= 11 is 5.88. The summed E-state index contributed by atoms with van der Waals surface area (Å²) in [6.45, 7) is 5.68. The van der Waals surface area contributed by atoms with Crippen LogP contribution in [0, 0.1) is 6.92 Å². The van der Waals surface area contributed by atoms with Crippen LogP contribution in [0.2, 0.25) is 5.02 Å². The number of hydrogen-bond donors (Lipinski definition) is 0. The number of para-hydroxylation sites is 1. The molecule has 1 aromatic heterocycles. The number of benzene rings is 2. The Morgan fingerprint density at radius 3 is 2.36 bits per heavy atom. The Morgan fingerprint density at radius 1 is 1.08 bits per heavy atom. The van der Waals surface area contributed by atoms with Crippen LogP contribution in [0.4, 0.5) is 13.2 Å². The third-order valence-corrected chi connectivity index (χ3v) is 3.81. The summed E-state index contributed by atoms with van der Waals surface area (Å²) in [5.74, 6) is -0.910. The summed E-state index contributed by atoms with van der Waals surface area (Å²) < 4.78 is 40.5. The summed E-state index contributed by atoms with van der Waals surface area (Å²) in [4.78, 5) is 12.7. The minimum Gasteiger partial charge on any atom is -0.267 e. The van der Waals surface area contributed by atoms with Crippen LogP contribution >= 0.6 is 11.6 Å². The van der Waals surface area contributed by atoms with Crippen molar-refractivity contribution in [2.75, 3.05) is 0 Å². The van der Waals surface area contributed by atoms with Crippen molar-refractivity contribution in [1.82, 2.24) is 9.78 Å². The maximum atomic E-state index is 13.2. The predicted octanol–water partition coefficient (Wildman–Crippen LogP) is 5.73. The number of rotatable bonds is 1. The standard InChI is InChI=1S/C16H10ClF3N2O.C2H6/c1-9-10-5-2-3-8-13(10)22(21-9)15(23)14-11(16(18,19)20)6-4-7-12(14)17;1-2/h2-8H,1H3;1-2H3. The Balaban J connectivity index is 0.00000109. The average molecular weight is 369 g/mol. The van der Waals surface area contributed by atoms with E-state index in [-0.39, 0.29) is 5.02 Å². The van der Waals surface area contributed by atoms with Gasteiger partial charge in [0.2, 0.25) is 0 Å². The summed E-state index contributed by atoms with van der Waals surface area (Å²) in [6.07, 6.45) is -4.69. The lowest BCUT2D eigenvalue weighted by Crippen LogP contribution is -2.20. The second-order valence-electron chi connectivity index (χ2n) is 4.98. The first-order valence-corrected chi connectivity index (χ1v) is 8.03. The molecule has 0 aliphatic heterocycles. The van der Waals surface area contributed by atoms with E-state index in [4.69, 9.17) is 11.6 Å². The Kier molecular flexibility index (Phi) is 5.52. The number of nitrogens with zero attached hydrogens (tertiary/aromatic N) is 2. The Hall–Kier alpha value is -2.34. The zero-order valence-electron chi connectivity index (χ0n) is 13.9. The normalized spacial score (nSPS) is 11.2. The summed E-state index contributed by atoms with van der Waals surface area (Å²) in [6, 6.07) is 10.1. The molecule has 0 saturated carbocycles. The molecule has 0 atom stereocenters. The number of halogens is 4. The first-order chi connectivity index (χ1) is 11.8. The lowest BCUT2D eigenvalue weighted by molar-refractivity contribution is -0.137. The Bertz CT molecular complexity index is 916. The third-order valence-electron chi connectivity index (χ3n) is 3.50. The van der Waals surface area contributed by atoms with Gasteiger partial charge >= 0.3 is 6.18 Å². The van der Waals surface area contributed by atoms with Crippen LogP contribution in [0.3, 0.4) is 0 Å². The fourth-order valence-electron chi connectivity index (χ4n) is 2.46. The molecule has 0 radical (unpaired) electrons. The lowest BCUT2D eigenvalue weighted by Gasteiger charge is -2.13. The minimum absolute atomic E-state index is 0.262. The molecule has 0 amide bonds. The number of carbonyl (C=O) groups is 1. The van der Waals surface area contributed by atoms with Gasteiger partial charge in [-0.1, -0.05) is 49.7 Å². The van der Waals surface area contributed by atoms with E-state index in [0.717, 1.165) is 16.8 Å². The van der Waals surface area contributed by atoms with Crippen LogP contribution in [0.5, 0.6) is 0 Å². The SMILES string of the molecule is CC.Cc1nn(C(=O)c2c(Cl)cccc2C(F)(F)F)c2ccccc12. The average Bonchev–Trinajstić information content (AvgIpc) is 2.92. The smallest absolute Gasteiger partial charge is 0.267 e. The van der Waals surface area contributed by atoms with Crippen LogP contribution in [0.1, 0.15) is 35.5 Å². The highest BCUT2D eigenvalue weighted by atomic mass is 35.5. The summed E-state index contributed by atoms with van der Waals surface area (Å²) in [5.41, 5.74) is -0.695. The van der Waals surface area contributed by atoms with E-state index in [2.05, 4.69) is 5.10 Å². The molecule has 0 aliphatic rings. The molecule has 0 saturated heterocycles. The van der Waals surface area contributed by atoms with Gasteiger partial charge in [0.25, 0.3) is 5.91 Å². The molecular weight excluding hydrogens is 353 g/mol. The molecule has 0 spiro atoms. The molecule has 132 valence electrons. The number of hydrogen-bond acceptors (Lipinski definition) is 2. The molecule has 0 unspecified atom stereocenters. The molecule has 2 aromatic carbocycles. The van der Waals surface area contributed by atoms with Gasteiger partial charge in [0.05, 0.1) is 27.4 Å². The minimum atomic E-state index is -4.69. The van der Waals surface area contributed by atoms with Crippen LogP contribution in [-0.2, 0) is 6.18 Å². The van der Waals surface area contributed by atoms with Crippen molar-refractivity contribution >= 4 is 28.4 Å². The molecule has 0 N–H and O–H groups in total. The van der Waals surface area contributed by atoms with Gasteiger partial charge < -0.3 is 0 Å². The Labute approximate surface area is 148 Å². The molecule has 3 aromatic rings. The molecule has 1 heterocycles. The van der Waals surface area contributed by atoms with E-state index >= 15 is 0 Å². The molecule has 25 heavy (non-hydrogen) atoms. The van der Waals surface area contributed by atoms with Gasteiger partial charge in [-0.2, -0.15) is 23.0 Å². The topological polar surface area (TPSA) is 34.9 Å². The lowest BCUT2D eigenvalue weighted by atomic mass is 10.1. The molecule has 3 nitrogen and oxygen atoms in total. The van der Waals surface area contributed by atoms with E-state index in [1.165, 1.54) is 6.07 Å². The zero-order chi connectivity index (χ0) is 18.8. The van der Waals surface area contributed by atoms with Crippen molar-refractivity contribution in [2.45, 2.75) is 26.9 Å². The summed E-state index contributed by atoms with van der Waals surface area (Å²) in [7, 11) is 0. The maximum absolute atomic E-state index is 13.2. The maximum Gasteiger partial charge on any atom is 0.417 e. The second kappa shape index (κ2) is 7.27. The van der Waals surface area contributed by atoms with Crippen molar-refractivity contribution in [1.29, 1.82) is 0 Å². The molecule has 7 heteroatoms. The highest BCUT2D eigenvalue weighted by Crippen LogP contribution is 2.35. The Morgan fingerprint density at radius 2 is 1.72 bits per heavy atom. The van der Waals surface area contributed by atoms with Crippen LogP contribution in [0.15, 0.2) is 42.5 Å². The molecule has 0 fully saturated rings. The van der Waals surface area contributed by atoms with E-state index in [1.807, 2.05) is 13.8 Å². The first kappa shape index (κ1) is 19.0. The number of aryl methyl sites for hydroxylation is 1. The van der Waals surface area contributed by atoms with Gasteiger partial charge in [0.15, 0.2) is 0 Å². The fraction of sp³-hybridized carbons (Fsp3) is 0.222. The molecule has 0 bridgehead atoms. The quantitative estimate of drug-likeness (QED) is 0.549. The third kappa shape index (κ3) is 3.54. The van der Waals surface area contributed by atoms with Gasteiger partial charge in [0, 0.05) is 5.39 Å². The van der Waals surface area contributed by atoms with E-state index in [0.29, 0.717) is 16.6 Å². The van der Waals surface area contributed by atoms with Gasteiger partial charge in [-0.15, -0.1) is 0 Å². The number of aromatic nitrogens is 2. The molecule has 0 aliphatic carbocycles. The van der Waals surface area contributed by atoms with Crippen molar-refractivity contribution < 1.29 is 18.0 Å².